The van der Waals surface area contributed by atoms with E-state index in [-0.39, 0.29) is 0 Å². The Labute approximate surface area is 118 Å². The second-order valence-corrected chi connectivity index (χ2v) is 5.75. The highest BCUT2D eigenvalue weighted by Crippen LogP contribution is 2.31. The Morgan fingerprint density at radius 1 is 1.11 bits per heavy atom. The van der Waals surface area contributed by atoms with Crippen molar-refractivity contribution in [1.29, 1.82) is 0 Å². The first-order valence-corrected chi connectivity index (χ1v) is 7.87. The van der Waals surface area contributed by atoms with Gasteiger partial charge in [-0.3, -0.25) is 0 Å². The lowest BCUT2D eigenvalue weighted by Gasteiger charge is -2.38. The molecule has 1 fully saturated rings. The van der Waals surface area contributed by atoms with E-state index in [0.717, 1.165) is 31.5 Å². The van der Waals surface area contributed by atoms with Crippen LogP contribution in [0, 0.1) is 5.92 Å². The van der Waals surface area contributed by atoms with Gasteiger partial charge in [0, 0.05) is 18.3 Å². The molecule has 1 aromatic carbocycles. The quantitative estimate of drug-likeness (QED) is 0.842. The number of para-hydroxylation sites is 1. The highest BCUT2D eigenvalue weighted by molar-refractivity contribution is 5.47. The predicted octanol–water partition coefficient (Wildman–Crippen LogP) is 3.81. The van der Waals surface area contributed by atoms with E-state index in [9.17, 15) is 0 Å². The van der Waals surface area contributed by atoms with E-state index in [1.165, 1.54) is 37.8 Å². The van der Waals surface area contributed by atoms with Crippen molar-refractivity contribution in [1.82, 2.24) is 0 Å². The van der Waals surface area contributed by atoms with E-state index in [4.69, 9.17) is 5.73 Å². The van der Waals surface area contributed by atoms with Crippen LogP contribution in [0.4, 0.5) is 5.69 Å². The van der Waals surface area contributed by atoms with E-state index in [2.05, 4.69) is 42.2 Å². The number of nitrogens with two attached hydrogens (primary N) is 1. The van der Waals surface area contributed by atoms with Crippen LogP contribution in [0.1, 0.15) is 45.4 Å². The average Bonchev–Trinajstić information content (AvgIpc) is 2.49. The molecule has 2 N–H and O–H groups in total. The van der Waals surface area contributed by atoms with Crippen molar-refractivity contribution in [2.75, 3.05) is 18.0 Å². The third kappa shape index (κ3) is 3.97. The van der Waals surface area contributed by atoms with Gasteiger partial charge in [-0.25, -0.2) is 0 Å². The molecule has 0 aromatic heterocycles. The smallest absolute Gasteiger partial charge is 0.0368 e. The minimum absolute atomic E-state index is 0.719. The first kappa shape index (κ1) is 14.4. The van der Waals surface area contributed by atoms with Crippen molar-refractivity contribution < 1.29 is 0 Å². The van der Waals surface area contributed by atoms with Gasteiger partial charge in [0.15, 0.2) is 0 Å². The lowest BCUT2D eigenvalue weighted by atomic mass is 9.83. The van der Waals surface area contributed by atoms with E-state index in [1.807, 2.05) is 0 Å². The largest absolute Gasteiger partial charge is 0.369 e. The average molecular weight is 260 g/mol. The molecule has 1 saturated carbocycles. The molecule has 1 aliphatic carbocycles. The topological polar surface area (TPSA) is 29.3 Å². The zero-order chi connectivity index (χ0) is 13.5. The van der Waals surface area contributed by atoms with Gasteiger partial charge in [-0.2, -0.15) is 0 Å². The Morgan fingerprint density at radius 3 is 2.37 bits per heavy atom. The summed E-state index contributed by atoms with van der Waals surface area (Å²) in [4.78, 5) is 2.60. The molecule has 0 unspecified atom stereocenters. The number of rotatable bonds is 6. The van der Waals surface area contributed by atoms with E-state index in [0.29, 0.717) is 0 Å². The molecule has 1 aromatic rings. The van der Waals surface area contributed by atoms with Gasteiger partial charge in [0.25, 0.3) is 0 Å². The molecule has 0 amide bonds. The van der Waals surface area contributed by atoms with Gasteiger partial charge in [0.2, 0.25) is 0 Å². The number of benzene rings is 1. The monoisotopic (exact) mass is 260 g/mol. The number of hydrogen-bond acceptors (Lipinski definition) is 2. The minimum Gasteiger partial charge on any atom is -0.369 e. The van der Waals surface area contributed by atoms with Gasteiger partial charge >= 0.3 is 0 Å². The van der Waals surface area contributed by atoms with Crippen LogP contribution >= 0.6 is 0 Å². The van der Waals surface area contributed by atoms with E-state index < -0.39 is 0 Å². The van der Waals surface area contributed by atoms with Crippen molar-refractivity contribution in [2.24, 2.45) is 11.7 Å². The van der Waals surface area contributed by atoms with Gasteiger partial charge in [0.1, 0.15) is 0 Å². The van der Waals surface area contributed by atoms with Crippen LogP contribution in [0.5, 0.6) is 0 Å². The molecule has 0 atom stereocenters. The predicted molar refractivity (Wildman–Crippen MR) is 83.5 cm³/mol. The minimum atomic E-state index is 0.719. The standard InChI is InChI=1S/C17H28N2/c1-2-15-9-11-17(12-10-15)19(14-6-13-18)16-7-4-3-5-8-16/h3-5,7-8,15,17H,2,6,9-14,18H2,1H3. The van der Waals surface area contributed by atoms with Crippen molar-refractivity contribution in [2.45, 2.75) is 51.5 Å². The molecule has 106 valence electrons. The summed E-state index contributed by atoms with van der Waals surface area (Å²) in [5.41, 5.74) is 7.07. The summed E-state index contributed by atoms with van der Waals surface area (Å²) in [6.07, 6.45) is 7.92. The second kappa shape index (κ2) is 7.54. The summed E-state index contributed by atoms with van der Waals surface area (Å²) in [5.74, 6) is 0.961. The number of nitrogens with zero attached hydrogens (tertiary/aromatic N) is 1. The summed E-state index contributed by atoms with van der Waals surface area (Å²) in [7, 11) is 0. The maximum Gasteiger partial charge on any atom is 0.0368 e. The van der Waals surface area contributed by atoms with Gasteiger partial charge in [-0.05, 0) is 56.7 Å². The van der Waals surface area contributed by atoms with Gasteiger partial charge in [-0.15, -0.1) is 0 Å². The van der Waals surface area contributed by atoms with Crippen LogP contribution in [-0.4, -0.2) is 19.1 Å². The molecule has 2 heteroatoms. The number of hydrogen-bond donors (Lipinski definition) is 1. The molecule has 0 spiro atoms. The van der Waals surface area contributed by atoms with Crippen LogP contribution in [0.25, 0.3) is 0 Å². The number of anilines is 1. The summed E-state index contributed by atoms with van der Waals surface area (Å²) >= 11 is 0. The SMILES string of the molecule is CCC1CCC(N(CCCN)c2ccccc2)CC1. The van der Waals surface area contributed by atoms with Gasteiger partial charge < -0.3 is 10.6 Å². The molecular weight excluding hydrogens is 232 g/mol. The van der Waals surface area contributed by atoms with Crippen LogP contribution in [0.3, 0.4) is 0 Å². The van der Waals surface area contributed by atoms with E-state index >= 15 is 0 Å². The molecular formula is C17H28N2. The zero-order valence-corrected chi connectivity index (χ0v) is 12.2. The third-order valence-electron chi connectivity index (χ3n) is 4.53. The molecule has 0 saturated heterocycles. The molecule has 2 rings (SSSR count). The fraction of sp³-hybridized carbons (Fsp3) is 0.647. The highest BCUT2D eigenvalue weighted by Gasteiger charge is 2.24. The van der Waals surface area contributed by atoms with Crippen molar-refractivity contribution >= 4 is 5.69 Å². The van der Waals surface area contributed by atoms with Gasteiger partial charge in [-0.1, -0.05) is 31.5 Å². The second-order valence-electron chi connectivity index (χ2n) is 5.75. The first-order valence-electron chi connectivity index (χ1n) is 7.87. The Morgan fingerprint density at radius 2 is 1.79 bits per heavy atom. The normalized spacial score (nSPS) is 23.3. The summed E-state index contributed by atoms with van der Waals surface area (Å²) in [6.45, 7) is 4.21. The van der Waals surface area contributed by atoms with E-state index in [1.54, 1.807) is 0 Å². The molecule has 2 nitrogen and oxygen atoms in total. The molecule has 0 aliphatic heterocycles. The summed E-state index contributed by atoms with van der Waals surface area (Å²) < 4.78 is 0. The molecule has 19 heavy (non-hydrogen) atoms. The van der Waals surface area contributed by atoms with Crippen LogP contribution < -0.4 is 10.6 Å². The Bertz CT molecular complexity index is 342. The fourth-order valence-electron chi connectivity index (χ4n) is 3.27. The maximum atomic E-state index is 5.70. The molecule has 1 aliphatic rings. The third-order valence-corrected chi connectivity index (χ3v) is 4.53. The van der Waals surface area contributed by atoms with Crippen molar-refractivity contribution in [3.05, 3.63) is 30.3 Å². The molecule has 0 bridgehead atoms. The van der Waals surface area contributed by atoms with Crippen LogP contribution in [0.2, 0.25) is 0 Å². The van der Waals surface area contributed by atoms with Crippen LogP contribution in [-0.2, 0) is 0 Å². The summed E-state index contributed by atoms with van der Waals surface area (Å²) in [6, 6.07) is 11.6. The molecule has 0 radical (unpaired) electrons. The Hall–Kier alpha value is -1.02. The lowest BCUT2D eigenvalue weighted by molar-refractivity contribution is 0.308. The van der Waals surface area contributed by atoms with Crippen molar-refractivity contribution in [3.8, 4) is 0 Å². The Balaban J connectivity index is 2.02. The lowest BCUT2D eigenvalue weighted by Crippen LogP contribution is -2.39. The highest BCUT2D eigenvalue weighted by atomic mass is 15.2. The molecule has 0 heterocycles. The van der Waals surface area contributed by atoms with Crippen molar-refractivity contribution in [3.63, 3.8) is 0 Å². The maximum absolute atomic E-state index is 5.70. The van der Waals surface area contributed by atoms with Crippen LogP contribution in [0.15, 0.2) is 30.3 Å². The summed E-state index contributed by atoms with van der Waals surface area (Å²) in [5, 5.41) is 0. The Kier molecular flexibility index (Phi) is 5.71. The fourth-order valence-corrected chi connectivity index (χ4v) is 3.27. The first-order chi connectivity index (χ1) is 9.35. The van der Waals surface area contributed by atoms with Gasteiger partial charge in [0.05, 0.1) is 0 Å². The zero-order valence-electron chi connectivity index (χ0n) is 12.2.